The van der Waals surface area contributed by atoms with E-state index in [4.69, 9.17) is 33.4 Å². The predicted octanol–water partition coefficient (Wildman–Crippen LogP) is 3.54. The molecule has 15 heavy (non-hydrogen) atoms. The number of oxazole rings is 1. The predicted molar refractivity (Wildman–Crippen MR) is 61.2 cm³/mol. The summed E-state index contributed by atoms with van der Waals surface area (Å²) in [4.78, 5) is 4.24. The van der Waals surface area contributed by atoms with Gasteiger partial charge in [0.2, 0.25) is 5.89 Å². The van der Waals surface area contributed by atoms with Crippen molar-refractivity contribution in [3.8, 4) is 0 Å². The average molecular weight is 245 g/mol. The highest BCUT2D eigenvalue weighted by atomic mass is 35.5. The lowest BCUT2D eigenvalue weighted by Crippen LogP contribution is -2.08. The Balaban J connectivity index is 2.60. The maximum atomic E-state index is 5.96. The highest BCUT2D eigenvalue weighted by Gasteiger charge is 2.14. The van der Waals surface area contributed by atoms with Gasteiger partial charge in [0.05, 0.1) is 11.1 Å². The van der Waals surface area contributed by atoms with Crippen molar-refractivity contribution in [1.82, 2.24) is 4.98 Å². The van der Waals surface area contributed by atoms with Gasteiger partial charge < -0.3 is 10.2 Å². The van der Waals surface area contributed by atoms with Gasteiger partial charge in [-0.1, -0.05) is 30.1 Å². The minimum Gasteiger partial charge on any atom is -0.437 e. The summed E-state index contributed by atoms with van der Waals surface area (Å²) in [6, 6.07) is 3.13. The summed E-state index contributed by atoms with van der Waals surface area (Å²) in [5.74, 6) is 0.497. The molecule has 3 nitrogen and oxygen atoms in total. The van der Waals surface area contributed by atoms with E-state index in [2.05, 4.69) is 4.98 Å². The van der Waals surface area contributed by atoms with Crippen LogP contribution in [0.4, 0.5) is 0 Å². The van der Waals surface area contributed by atoms with Gasteiger partial charge >= 0.3 is 0 Å². The van der Waals surface area contributed by atoms with Crippen molar-refractivity contribution >= 4 is 34.3 Å². The van der Waals surface area contributed by atoms with Gasteiger partial charge in [0.25, 0.3) is 0 Å². The summed E-state index contributed by atoms with van der Waals surface area (Å²) in [6.07, 6.45) is 0.762. The molecule has 2 aromatic rings. The van der Waals surface area contributed by atoms with Crippen LogP contribution in [0.3, 0.4) is 0 Å². The first-order valence-corrected chi connectivity index (χ1v) is 5.38. The summed E-state index contributed by atoms with van der Waals surface area (Å²) in [5, 5.41) is 0.997. The SMILES string of the molecule is CCC(N)c1nc2cc(Cl)cc(Cl)c2o1. The topological polar surface area (TPSA) is 52.0 Å². The number of rotatable bonds is 2. The number of hydrogen-bond acceptors (Lipinski definition) is 3. The molecule has 0 fully saturated rings. The largest absolute Gasteiger partial charge is 0.437 e. The number of benzene rings is 1. The molecule has 0 saturated heterocycles. The van der Waals surface area contributed by atoms with Crippen molar-refractivity contribution in [3.63, 3.8) is 0 Å². The molecule has 0 spiro atoms. The lowest BCUT2D eigenvalue weighted by Gasteiger charge is -2.00. The molecule has 0 aliphatic heterocycles. The molecule has 0 bridgehead atoms. The van der Waals surface area contributed by atoms with E-state index in [0.717, 1.165) is 6.42 Å². The van der Waals surface area contributed by atoms with Gasteiger partial charge in [0.1, 0.15) is 5.52 Å². The molecule has 0 aliphatic rings. The Labute approximate surface area is 97.2 Å². The summed E-state index contributed by atoms with van der Waals surface area (Å²) in [7, 11) is 0. The van der Waals surface area contributed by atoms with E-state index in [1.807, 2.05) is 6.92 Å². The fraction of sp³-hybridized carbons (Fsp3) is 0.300. The first kappa shape index (κ1) is 10.7. The third-order valence-corrected chi connectivity index (χ3v) is 2.68. The Morgan fingerprint density at radius 2 is 2.20 bits per heavy atom. The smallest absolute Gasteiger partial charge is 0.212 e. The maximum absolute atomic E-state index is 5.96. The van der Waals surface area contributed by atoms with E-state index in [1.54, 1.807) is 12.1 Å². The molecule has 2 rings (SSSR count). The quantitative estimate of drug-likeness (QED) is 0.880. The fourth-order valence-corrected chi connectivity index (χ4v) is 1.83. The Morgan fingerprint density at radius 1 is 1.47 bits per heavy atom. The van der Waals surface area contributed by atoms with Gasteiger partial charge in [-0.3, -0.25) is 0 Å². The second-order valence-electron chi connectivity index (χ2n) is 3.30. The van der Waals surface area contributed by atoms with Gasteiger partial charge in [-0.15, -0.1) is 0 Å². The van der Waals surface area contributed by atoms with Crippen molar-refractivity contribution in [1.29, 1.82) is 0 Å². The average Bonchev–Trinajstić information content (AvgIpc) is 2.60. The monoisotopic (exact) mass is 244 g/mol. The van der Waals surface area contributed by atoms with Gasteiger partial charge in [-0.2, -0.15) is 0 Å². The highest BCUT2D eigenvalue weighted by molar-refractivity contribution is 6.37. The third-order valence-electron chi connectivity index (χ3n) is 2.18. The van der Waals surface area contributed by atoms with Crippen LogP contribution in [0.15, 0.2) is 16.5 Å². The molecule has 1 atom stereocenters. The van der Waals surface area contributed by atoms with E-state index < -0.39 is 0 Å². The maximum Gasteiger partial charge on any atom is 0.212 e. The van der Waals surface area contributed by atoms with Gasteiger partial charge in [0, 0.05) is 5.02 Å². The molecule has 5 heteroatoms. The van der Waals surface area contributed by atoms with Crippen LogP contribution >= 0.6 is 23.2 Å². The van der Waals surface area contributed by atoms with Gasteiger partial charge in [0.15, 0.2) is 5.58 Å². The summed E-state index contributed by atoms with van der Waals surface area (Å²) in [6.45, 7) is 1.97. The van der Waals surface area contributed by atoms with Gasteiger partial charge in [-0.05, 0) is 18.6 Å². The molecule has 0 radical (unpaired) electrons. The lowest BCUT2D eigenvalue weighted by molar-refractivity contribution is 0.469. The Bertz CT molecular complexity index is 495. The zero-order chi connectivity index (χ0) is 11.0. The minimum atomic E-state index is -0.202. The molecule has 0 aliphatic carbocycles. The molecule has 1 aromatic heterocycles. The Hall–Kier alpha value is -0.770. The van der Waals surface area contributed by atoms with Crippen molar-refractivity contribution in [3.05, 3.63) is 28.1 Å². The summed E-state index contributed by atoms with van der Waals surface area (Å²) < 4.78 is 5.48. The molecule has 1 unspecified atom stereocenters. The number of aromatic nitrogens is 1. The van der Waals surface area contributed by atoms with Crippen molar-refractivity contribution in [2.24, 2.45) is 5.73 Å². The molecule has 1 aromatic carbocycles. The van der Waals surface area contributed by atoms with E-state index in [9.17, 15) is 0 Å². The first-order chi connectivity index (χ1) is 7.11. The molecule has 0 saturated carbocycles. The normalized spacial score (nSPS) is 13.3. The van der Waals surface area contributed by atoms with Crippen LogP contribution in [0.1, 0.15) is 25.3 Å². The van der Waals surface area contributed by atoms with E-state index >= 15 is 0 Å². The molecule has 2 N–H and O–H groups in total. The van der Waals surface area contributed by atoms with Crippen LogP contribution < -0.4 is 5.73 Å². The summed E-state index contributed by atoms with van der Waals surface area (Å²) >= 11 is 11.8. The Kier molecular flexibility index (Phi) is 2.87. The zero-order valence-corrected chi connectivity index (χ0v) is 9.64. The number of hydrogen-bond donors (Lipinski definition) is 1. The van der Waals surface area contributed by atoms with Crippen LogP contribution in [-0.4, -0.2) is 4.98 Å². The number of fused-ring (bicyclic) bond motifs is 1. The number of halogens is 2. The minimum absolute atomic E-state index is 0.202. The second kappa shape index (κ2) is 4.00. The lowest BCUT2D eigenvalue weighted by atomic mass is 10.2. The van der Waals surface area contributed by atoms with E-state index in [0.29, 0.717) is 27.0 Å². The number of nitrogens with zero attached hydrogens (tertiary/aromatic N) is 1. The second-order valence-corrected chi connectivity index (χ2v) is 4.15. The van der Waals surface area contributed by atoms with Crippen molar-refractivity contribution in [2.45, 2.75) is 19.4 Å². The highest BCUT2D eigenvalue weighted by Crippen LogP contribution is 2.30. The Morgan fingerprint density at radius 3 is 2.87 bits per heavy atom. The molecule has 0 amide bonds. The van der Waals surface area contributed by atoms with Crippen LogP contribution in [0, 0.1) is 0 Å². The van der Waals surface area contributed by atoms with Crippen molar-refractivity contribution < 1.29 is 4.42 Å². The van der Waals surface area contributed by atoms with Crippen LogP contribution in [0.2, 0.25) is 10.0 Å². The molecule has 1 heterocycles. The van der Waals surface area contributed by atoms with Crippen LogP contribution in [-0.2, 0) is 0 Å². The van der Waals surface area contributed by atoms with Crippen molar-refractivity contribution in [2.75, 3.05) is 0 Å². The molecule has 80 valence electrons. The van der Waals surface area contributed by atoms with Crippen LogP contribution in [0.5, 0.6) is 0 Å². The van der Waals surface area contributed by atoms with E-state index in [-0.39, 0.29) is 6.04 Å². The first-order valence-electron chi connectivity index (χ1n) is 4.63. The molecular weight excluding hydrogens is 235 g/mol. The fourth-order valence-electron chi connectivity index (χ4n) is 1.31. The van der Waals surface area contributed by atoms with Gasteiger partial charge in [-0.25, -0.2) is 4.98 Å². The van der Waals surface area contributed by atoms with Crippen LogP contribution in [0.25, 0.3) is 11.1 Å². The standard InChI is InChI=1S/C10H10Cl2N2O/c1-2-7(13)10-14-8-4-5(11)3-6(12)9(8)15-10/h3-4,7H,2,13H2,1H3. The summed E-state index contributed by atoms with van der Waals surface area (Å²) in [5.41, 5.74) is 7.00. The van der Waals surface area contributed by atoms with E-state index in [1.165, 1.54) is 0 Å². The zero-order valence-electron chi connectivity index (χ0n) is 8.13. The number of nitrogens with two attached hydrogens (primary N) is 1. The molecular formula is C10H10Cl2N2O. The third kappa shape index (κ3) is 1.95.